The van der Waals surface area contributed by atoms with Gasteiger partial charge in [0.05, 0.1) is 6.54 Å². The minimum Gasteiger partial charge on any atom is -0.342 e. The molecule has 31 heavy (non-hydrogen) atoms. The summed E-state index contributed by atoms with van der Waals surface area (Å²) in [5.41, 5.74) is 5.39. The molecular weight excluding hydrogens is 386 g/mol. The van der Waals surface area contributed by atoms with E-state index in [0.29, 0.717) is 5.92 Å². The Hall–Kier alpha value is -2.66. The maximum absolute atomic E-state index is 12.6. The molecule has 2 aromatic rings. The molecule has 0 saturated carbocycles. The van der Waals surface area contributed by atoms with Gasteiger partial charge >= 0.3 is 0 Å². The third-order valence-corrected chi connectivity index (χ3v) is 5.70. The number of nitrogens with two attached hydrogens (primary N) is 1. The lowest BCUT2D eigenvalue weighted by atomic mass is 9.94. The third kappa shape index (κ3) is 7.21. The van der Waals surface area contributed by atoms with E-state index in [1.165, 1.54) is 11.1 Å². The van der Waals surface area contributed by atoms with Crippen LogP contribution in [0.3, 0.4) is 0 Å². The topological polar surface area (TPSA) is 74.8 Å². The Kier molecular flexibility index (Phi) is 9.25. The first-order valence-corrected chi connectivity index (χ1v) is 11.3. The van der Waals surface area contributed by atoms with Crippen molar-refractivity contribution in [2.24, 2.45) is 5.92 Å². The molecule has 0 fully saturated rings. The predicted octanol–water partition coefficient (Wildman–Crippen LogP) is 3.66. The zero-order valence-corrected chi connectivity index (χ0v) is 19.8. The van der Waals surface area contributed by atoms with Crippen LogP contribution in [0.15, 0.2) is 42.5 Å². The van der Waals surface area contributed by atoms with Crippen LogP contribution in [0, 0.1) is 19.8 Å². The zero-order valence-electron chi connectivity index (χ0n) is 19.8. The summed E-state index contributed by atoms with van der Waals surface area (Å²) in [5.74, 6) is 0.0226. The molecule has 0 saturated heterocycles. The third-order valence-electron chi connectivity index (χ3n) is 5.70. The van der Waals surface area contributed by atoms with Crippen LogP contribution in [0.25, 0.3) is 0 Å². The van der Waals surface area contributed by atoms with E-state index in [2.05, 4.69) is 61.0 Å². The number of benzene rings is 2. The lowest BCUT2D eigenvalue weighted by molar-refractivity contribution is -0.719. The van der Waals surface area contributed by atoms with Crippen LogP contribution >= 0.6 is 0 Å². The number of amides is 2. The molecule has 5 heteroatoms. The molecule has 4 N–H and O–H groups in total. The predicted molar refractivity (Wildman–Crippen MR) is 127 cm³/mol. The van der Waals surface area contributed by atoms with Gasteiger partial charge in [0, 0.05) is 17.2 Å². The Morgan fingerprint density at radius 3 is 2.13 bits per heavy atom. The molecule has 0 bridgehead atoms. The first kappa shape index (κ1) is 24.6. The van der Waals surface area contributed by atoms with E-state index in [4.69, 9.17) is 0 Å². The molecule has 0 heterocycles. The average molecular weight is 425 g/mol. The standard InChI is InChI=1S/C26H37N3O2/c1-7-9-21-12-14-22(15-13-21)24(17(2)3)28-20(6)26(31)27-16-23(30)29-25-18(4)10-8-11-19(25)5/h8,10-15,17,20,24,28H,7,9,16H2,1-6H3,(H,27,31)(H,29,30)/p+1/t20-,24-/m1/s1. The molecule has 0 aromatic heterocycles. The van der Waals surface area contributed by atoms with Crippen LogP contribution in [-0.2, 0) is 16.0 Å². The van der Waals surface area contributed by atoms with Gasteiger partial charge in [-0.2, -0.15) is 0 Å². The van der Waals surface area contributed by atoms with Crippen molar-refractivity contribution in [1.82, 2.24) is 5.32 Å². The molecule has 2 atom stereocenters. The molecule has 168 valence electrons. The van der Waals surface area contributed by atoms with E-state index in [1.54, 1.807) is 0 Å². The van der Waals surface area contributed by atoms with Crippen molar-refractivity contribution in [1.29, 1.82) is 0 Å². The van der Waals surface area contributed by atoms with Crippen molar-refractivity contribution < 1.29 is 14.9 Å². The Balaban J connectivity index is 1.92. The van der Waals surface area contributed by atoms with Gasteiger partial charge in [-0.25, -0.2) is 0 Å². The SMILES string of the molecule is CCCc1ccc([C@H]([NH2+][C@H](C)C(=O)NCC(=O)Nc2c(C)cccc2C)C(C)C)cc1. The Bertz CT molecular complexity index is 854. The lowest BCUT2D eigenvalue weighted by Crippen LogP contribution is -2.93. The van der Waals surface area contributed by atoms with Gasteiger partial charge in [0.1, 0.15) is 6.04 Å². The highest BCUT2D eigenvalue weighted by molar-refractivity contribution is 5.96. The van der Waals surface area contributed by atoms with Gasteiger partial charge in [0.15, 0.2) is 6.04 Å². The van der Waals surface area contributed by atoms with Crippen LogP contribution in [0.5, 0.6) is 0 Å². The summed E-state index contributed by atoms with van der Waals surface area (Å²) < 4.78 is 0. The van der Waals surface area contributed by atoms with E-state index < -0.39 is 0 Å². The first-order chi connectivity index (χ1) is 14.7. The Labute approximate surface area is 187 Å². The summed E-state index contributed by atoms with van der Waals surface area (Å²) in [6, 6.07) is 14.5. The van der Waals surface area contributed by atoms with Crippen molar-refractivity contribution in [3.63, 3.8) is 0 Å². The molecule has 0 aliphatic heterocycles. The zero-order chi connectivity index (χ0) is 23.0. The van der Waals surface area contributed by atoms with Gasteiger partial charge < -0.3 is 16.0 Å². The quantitative estimate of drug-likeness (QED) is 0.544. The summed E-state index contributed by atoms with van der Waals surface area (Å²) in [5, 5.41) is 7.79. The van der Waals surface area contributed by atoms with E-state index in [1.807, 2.05) is 39.0 Å². The number of rotatable bonds is 10. The van der Waals surface area contributed by atoms with E-state index >= 15 is 0 Å². The summed E-state index contributed by atoms with van der Waals surface area (Å²) in [7, 11) is 0. The number of para-hydroxylation sites is 1. The van der Waals surface area contributed by atoms with Crippen LogP contribution in [-0.4, -0.2) is 24.4 Å². The number of carbonyl (C=O) groups is 2. The van der Waals surface area contributed by atoms with Crippen molar-refractivity contribution in [2.75, 3.05) is 11.9 Å². The maximum Gasteiger partial charge on any atom is 0.278 e. The largest absolute Gasteiger partial charge is 0.342 e. The summed E-state index contributed by atoms with van der Waals surface area (Å²) in [6.07, 6.45) is 2.21. The molecule has 2 aromatic carbocycles. The fraction of sp³-hybridized carbons (Fsp3) is 0.462. The molecule has 0 spiro atoms. The second-order valence-electron chi connectivity index (χ2n) is 8.78. The van der Waals surface area contributed by atoms with Crippen LogP contribution in [0.2, 0.25) is 0 Å². The van der Waals surface area contributed by atoms with Gasteiger partial charge in [-0.1, -0.05) is 69.7 Å². The summed E-state index contributed by atoms with van der Waals surface area (Å²) >= 11 is 0. The molecular formula is C26H38N3O2+. The lowest BCUT2D eigenvalue weighted by Gasteiger charge is -2.23. The summed E-state index contributed by atoms with van der Waals surface area (Å²) in [6.45, 7) is 12.3. The fourth-order valence-electron chi connectivity index (χ4n) is 3.84. The van der Waals surface area contributed by atoms with Crippen molar-refractivity contribution in [2.45, 2.75) is 66.5 Å². The number of quaternary nitrogens is 1. The van der Waals surface area contributed by atoms with Crippen molar-refractivity contribution in [3.8, 4) is 0 Å². The minimum absolute atomic E-state index is 0.0388. The number of anilines is 1. The number of hydrogen-bond acceptors (Lipinski definition) is 2. The molecule has 0 radical (unpaired) electrons. The number of aryl methyl sites for hydroxylation is 3. The Morgan fingerprint density at radius 1 is 0.968 bits per heavy atom. The highest BCUT2D eigenvalue weighted by Gasteiger charge is 2.26. The number of nitrogens with one attached hydrogen (secondary N) is 2. The second-order valence-corrected chi connectivity index (χ2v) is 8.78. The average Bonchev–Trinajstić information content (AvgIpc) is 2.73. The van der Waals surface area contributed by atoms with Gasteiger partial charge in [0.2, 0.25) is 5.91 Å². The van der Waals surface area contributed by atoms with Crippen LogP contribution in [0.4, 0.5) is 5.69 Å². The molecule has 0 aliphatic carbocycles. The smallest absolute Gasteiger partial charge is 0.278 e. The molecule has 2 rings (SSSR count). The van der Waals surface area contributed by atoms with Crippen LogP contribution < -0.4 is 16.0 Å². The maximum atomic E-state index is 12.6. The van der Waals surface area contributed by atoms with E-state index in [-0.39, 0.29) is 30.4 Å². The van der Waals surface area contributed by atoms with Gasteiger partial charge in [0.25, 0.3) is 5.91 Å². The first-order valence-electron chi connectivity index (χ1n) is 11.3. The van der Waals surface area contributed by atoms with Gasteiger partial charge in [-0.15, -0.1) is 0 Å². The molecule has 0 unspecified atom stereocenters. The fourth-order valence-corrected chi connectivity index (χ4v) is 3.84. The molecule has 5 nitrogen and oxygen atoms in total. The monoisotopic (exact) mass is 424 g/mol. The normalized spacial score (nSPS) is 13.0. The molecule has 2 amide bonds. The minimum atomic E-state index is -0.296. The molecule has 0 aliphatic rings. The second kappa shape index (κ2) is 11.7. The number of carbonyl (C=O) groups excluding carboxylic acids is 2. The van der Waals surface area contributed by atoms with E-state index in [9.17, 15) is 9.59 Å². The van der Waals surface area contributed by atoms with Crippen LogP contribution in [0.1, 0.15) is 62.4 Å². The van der Waals surface area contributed by atoms with Gasteiger partial charge in [-0.3, -0.25) is 9.59 Å². The Morgan fingerprint density at radius 2 is 1.58 bits per heavy atom. The van der Waals surface area contributed by atoms with Crippen molar-refractivity contribution in [3.05, 3.63) is 64.7 Å². The van der Waals surface area contributed by atoms with Gasteiger partial charge in [-0.05, 0) is 43.9 Å². The highest BCUT2D eigenvalue weighted by atomic mass is 16.2. The summed E-state index contributed by atoms with van der Waals surface area (Å²) in [4.78, 5) is 25.0. The number of hydrogen-bond donors (Lipinski definition) is 3. The highest BCUT2D eigenvalue weighted by Crippen LogP contribution is 2.20. The van der Waals surface area contributed by atoms with E-state index in [0.717, 1.165) is 29.7 Å². The van der Waals surface area contributed by atoms with Crippen molar-refractivity contribution >= 4 is 17.5 Å².